The standard InChI is InChI=1S/C23H16N2OS2/c26-22-18-13-7-8-14-19(18)25-21(24(22)15-16-9-3-1-4-10-16)20(28-23(25)27)17-11-5-2-6-12-17/h1-14H,15H2. The maximum absolute atomic E-state index is 13.5. The summed E-state index contributed by atoms with van der Waals surface area (Å²) < 4.78 is 4.64. The zero-order valence-electron chi connectivity index (χ0n) is 14.9. The van der Waals surface area contributed by atoms with Gasteiger partial charge in [-0.05, 0) is 35.5 Å². The highest BCUT2D eigenvalue weighted by molar-refractivity contribution is 7.73. The lowest BCUT2D eigenvalue weighted by atomic mass is 10.1. The van der Waals surface area contributed by atoms with Crippen molar-refractivity contribution < 1.29 is 0 Å². The highest BCUT2D eigenvalue weighted by Crippen LogP contribution is 2.33. The molecule has 5 rings (SSSR count). The van der Waals surface area contributed by atoms with E-state index in [2.05, 4.69) is 12.1 Å². The number of fused-ring (bicyclic) bond motifs is 3. The Bertz CT molecular complexity index is 1410. The van der Waals surface area contributed by atoms with Gasteiger partial charge in [-0.2, -0.15) is 0 Å². The van der Waals surface area contributed by atoms with Crippen LogP contribution >= 0.6 is 23.6 Å². The van der Waals surface area contributed by atoms with E-state index in [1.54, 1.807) is 11.3 Å². The van der Waals surface area contributed by atoms with E-state index in [-0.39, 0.29) is 5.56 Å². The van der Waals surface area contributed by atoms with Crippen LogP contribution in [0, 0.1) is 3.95 Å². The quantitative estimate of drug-likeness (QED) is 0.360. The van der Waals surface area contributed by atoms with Gasteiger partial charge in [-0.3, -0.25) is 13.8 Å². The van der Waals surface area contributed by atoms with Gasteiger partial charge in [0, 0.05) is 0 Å². The summed E-state index contributed by atoms with van der Waals surface area (Å²) in [6.45, 7) is 0.499. The Morgan fingerprint density at radius 1 is 0.821 bits per heavy atom. The highest BCUT2D eigenvalue weighted by atomic mass is 32.1. The van der Waals surface area contributed by atoms with Gasteiger partial charge >= 0.3 is 0 Å². The average Bonchev–Trinajstić information content (AvgIpc) is 3.10. The largest absolute Gasteiger partial charge is 0.288 e. The van der Waals surface area contributed by atoms with Crippen molar-refractivity contribution in [1.82, 2.24) is 8.97 Å². The van der Waals surface area contributed by atoms with Gasteiger partial charge in [-0.1, -0.05) is 72.8 Å². The first-order valence-corrected chi connectivity index (χ1v) is 10.2. The van der Waals surface area contributed by atoms with Gasteiger partial charge in [0.1, 0.15) is 5.65 Å². The lowest BCUT2D eigenvalue weighted by Gasteiger charge is -2.13. The van der Waals surface area contributed by atoms with Gasteiger partial charge in [0.05, 0.1) is 22.3 Å². The van der Waals surface area contributed by atoms with Crippen molar-refractivity contribution in [1.29, 1.82) is 0 Å². The van der Waals surface area contributed by atoms with Gasteiger partial charge in [0.2, 0.25) is 0 Å². The van der Waals surface area contributed by atoms with Crippen LogP contribution in [-0.4, -0.2) is 8.97 Å². The number of hydrogen-bond acceptors (Lipinski definition) is 3. The molecule has 136 valence electrons. The van der Waals surface area contributed by atoms with Crippen molar-refractivity contribution in [3.63, 3.8) is 0 Å². The molecule has 5 aromatic rings. The average molecular weight is 401 g/mol. The van der Waals surface area contributed by atoms with Gasteiger partial charge in [-0.15, -0.1) is 11.3 Å². The third kappa shape index (κ3) is 2.71. The second kappa shape index (κ2) is 6.86. The lowest BCUT2D eigenvalue weighted by molar-refractivity contribution is 0.781. The molecule has 0 bridgehead atoms. The number of rotatable bonds is 3. The molecule has 0 aliphatic carbocycles. The first-order valence-electron chi connectivity index (χ1n) is 9.00. The zero-order chi connectivity index (χ0) is 19.1. The molecular weight excluding hydrogens is 384 g/mol. The topological polar surface area (TPSA) is 26.4 Å². The van der Waals surface area contributed by atoms with Crippen LogP contribution < -0.4 is 5.56 Å². The Labute approximate surface area is 170 Å². The Hall–Kier alpha value is -3.02. The van der Waals surface area contributed by atoms with E-state index in [1.807, 2.05) is 81.8 Å². The minimum atomic E-state index is 0.00411. The third-order valence-corrected chi connectivity index (χ3v) is 6.29. The summed E-state index contributed by atoms with van der Waals surface area (Å²) in [7, 11) is 0. The van der Waals surface area contributed by atoms with E-state index in [0.717, 1.165) is 31.1 Å². The number of aromatic nitrogens is 2. The Morgan fingerprint density at radius 3 is 2.21 bits per heavy atom. The molecule has 0 fully saturated rings. The Balaban J connectivity index is 1.94. The van der Waals surface area contributed by atoms with Gasteiger partial charge in [0.15, 0.2) is 3.95 Å². The summed E-state index contributed by atoms with van der Waals surface area (Å²) in [5.74, 6) is 0. The van der Waals surface area contributed by atoms with E-state index >= 15 is 0 Å². The molecule has 2 heterocycles. The molecule has 0 amide bonds. The summed E-state index contributed by atoms with van der Waals surface area (Å²) in [6, 6.07) is 27.9. The van der Waals surface area contributed by atoms with Crippen molar-refractivity contribution in [2.24, 2.45) is 0 Å². The van der Waals surface area contributed by atoms with Crippen molar-refractivity contribution in [3.8, 4) is 10.4 Å². The fourth-order valence-corrected chi connectivity index (χ4v) is 5.04. The Kier molecular flexibility index (Phi) is 4.19. The fraction of sp³-hybridized carbons (Fsp3) is 0.0435. The number of benzene rings is 3. The first-order chi connectivity index (χ1) is 13.7. The summed E-state index contributed by atoms with van der Waals surface area (Å²) in [4.78, 5) is 14.5. The lowest BCUT2D eigenvalue weighted by Crippen LogP contribution is -2.23. The fourth-order valence-electron chi connectivity index (χ4n) is 3.60. The zero-order valence-corrected chi connectivity index (χ0v) is 16.5. The maximum Gasteiger partial charge on any atom is 0.261 e. The van der Waals surface area contributed by atoms with Crippen molar-refractivity contribution in [2.45, 2.75) is 6.54 Å². The van der Waals surface area contributed by atoms with Crippen molar-refractivity contribution in [3.05, 3.63) is 105 Å². The molecule has 2 aromatic heterocycles. The molecule has 0 aliphatic heterocycles. The predicted molar refractivity (Wildman–Crippen MR) is 119 cm³/mol. The molecule has 0 saturated carbocycles. The first kappa shape index (κ1) is 17.1. The number of nitrogens with zero attached hydrogens (tertiary/aromatic N) is 2. The second-order valence-electron chi connectivity index (χ2n) is 6.62. The van der Waals surface area contributed by atoms with E-state index in [9.17, 15) is 4.79 Å². The molecule has 28 heavy (non-hydrogen) atoms. The third-order valence-electron chi connectivity index (χ3n) is 4.88. The van der Waals surface area contributed by atoms with Crippen LogP contribution in [0.5, 0.6) is 0 Å². The van der Waals surface area contributed by atoms with Crippen LogP contribution in [0.4, 0.5) is 0 Å². The van der Waals surface area contributed by atoms with Gasteiger partial charge in [0.25, 0.3) is 5.56 Å². The van der Waals surface area contributed by atoms with E-state index in [4.69, 9.17) is 12.2 Å². The smallest absolute Gasteiger partial charge is 0.261 e. The molecule has 5 heteroatoms. The molecule has 0 spiro atoms. The minimum Gasteiger partial charge on any atom is -0.288 e. The Morgan fingerprint density at radius 2 is 1.46 bits per heavy atom. The molecular formula is C23H16N2OS2. The highest BCUT2D eigenvalue weighted by Gasteiger charge is 2.18. The van der Waals surface area contributed by atoms with Crippen LogP contribution in [0.3, 0.4) is 0 Å². The van der Waals surface area contributed by atoms with Crippen LogP contribution in [-0.2, 0) is 6.54 Å². The normalized spacial score (nSPS) is 11.3. The van der Waals surface area contributed by atoms with Crippen LogP contribution in [0.2, 0.25) is 0 Å². The van der Waals surface area contributed by atoms with E-state index in [0.29, 0.717) is 11.9 Å². The van der Waals surface area contributed by atoms with E-state index in [1.165, 1.54) is 0 Å². The van der Waals surface area contributed by atoms with Crippen LogP contribution in [0.1, 0.15) is 5.56 Å². The number of para-hydroxylation sites is 1. The molecule has 0 aliphatic rings. The SMILES string of the molecule is O=c1c2ccccc2n2c(=S)sc(-c3ccccc3)c2n1Cc1ccccc1. The van der Waals surface area contributed by atoms with Crippen molar-refractivity contribution in [2.75, 3.05) is 0 Å². The number of thiazole rings is 1. The molecule has 0 saturated heterocycles. The molecule has 3 nitrogen and oxygen atoms in total. The summed E-state index contributed by atoms with van der Waals surface area (Å²) in [6.07, 6.45) is 0. The minimum absolute atomic E-state index is 0.00411. The second-order valence-corrected chi connectivity index (χ2v) is 8.26. The van der Waals surface area contributed by atoms with Crippen LogP contribution in [0.25, 0.3) is 27.0 Å². The number of hydrogen-bond donors (Lipinski definition) is 0. The molecule has 0 radical (unpaired) electrons. The summed E-state index contributed by atoms with van der Waals surface area (Å²) in [5, 5.41) is 0.680. The summed E-state index contributed by atoms with van der Waals surface area (Å²) in [5.41, 5.74) is 3.86. The molecule has 3 aromatic carbocycles. The molecule has 0 N–H and O–H groups in total. The monoisotopic (exact) mass is 400 g/mol. The van der Waals surface area contributed by atoms with E-state index < -0.39 is 0 Å². The van der Waals surface area contributed by atoms with Crippen molar-refractivity contribution >= 4 is 40.1 Å². The maximum atomic E-state index is 13.5. The van der Waals surface area contributed by atoms with Crippen LogP contribution in [0.15, 0.2) is 89.7 Å². The summed E-state index contributed by atoms with van der Waals surface area (Å²) >= 11 is 7.28. The predicted octanol–water partition coefficient (Wildman–Crippen LogP) is 5.76. The molecule has 0 unspecified atom stereocenters. The van der Waals surface area contributed by atoms with Gasteiger partial charge < -0.3 is 0 Å². The van der Waals surface area contributed by atoms with Gasteiger partial charge in [-0.25, -0.2) is 0 Å². The molecule has 0 atom stereocenters.